The molecule has 0 saturated heterocycles. The van der Waals surface area contributed by atoms with E-state index < -0.39 is 21.7 Å². The van der Waals surface area contributed by atoms with Crippen LogP contribution < -0.4 is 82.7 Å². The first-order chi connectivity index (χ1) is 53.3. The van der Waals surface area contributed by atoms with E-state index in [2.05, 4.69) is 195 Å². The Morgan fingerprint density at radius 3 is 0.589 bits per heavy atom. The molecule has 0 atom stereocenters. The van der Waals surface area contributed by atoms with E-state index in [0.29, 0.717) is 69.6 Å². The molecule has 24 heteroatoms. The Morgan fingerprint density at radius 2 is 0.429 bits per heavy atom. The largest absolute Gasteiger partial charge is 0.483 e. The predicted molar refractivity (Wildman–Crippen MR) is 468 cm³/mol. The fourth-order valence-electron chi connectivity index (χ4n) is 12.4. The molecule has 8 aromatic carbocycles. The molecule has 8 aromatic rings. The van der Waals surface area contributed by atoms with Crippen LogP contribution in [0.4, 0.5) is 22.7 Å². The number of amides is 4. The number of ether oxygens (including phenoxy) is 4. The lowest BCUT2D eigenvalue weighted by Crippen LogP contribution is -2.38. The second-order valence-electron chi connectivity index (χ2n) is 31.7. The maximum absolute atomic E-state index is 14.4. The van der Waals surface area contributed by atoms with Crippen LogP contribution in [0.5, 0.6) is 23.0 Å². The maximum Gasteiger partial charge on any atom is 0.258 e. The van der Waals surface area contributed by atoms with Gasteiger partial charge in [0.25, 0.3) is 23.6 Å². The molecule has 1 aliphatic carbocycles. The van der Waals surface area contributed by atoms with Gasteiger partial charge in [0.2, 0.25) is 0 Å². The number of rotatable bonds is 28. The number of carbonyl (C=O) groups excluding carboxylic acids is 4. The Morgan fingerprint density at radius 1 is 0.268 bits per heavy atom. The molecule has 4 amide bonds. The lowest BCUT2D eigenvalue weighted by Gasteiger charge is -2.29. The van der Waals surface area contributed by atoms with Gasteiger partial charge in [0.05, 0.1) is 0 Å². The highest BCUT2D eigenvalue weighted by Gasteiger charge is 2.31. The molecule has 0 radical (unpaired) electrons. The molecule has 20 nitrogen and oxygen atoms in total. The molecule has 0 heterocycles. The molecule has 0 spiro atoms. The molecule has 8 bridgehead atoms. The summed E-state index contributed by atoms with van der Waals surface area (Å²) >= 11 is 22.4. The molecule has 0 aromatic heterocycles. The van der Waals surface area contributed by atoms with Crippen LogP contribution in [-0.2, 0) is 66.5 Å². The highest BCUT2D eigenvalue weighted by molar-refractivity contribution is 7.81. The minimum atomic E-state index is -0.438. The molecule has 0 aliphatic heterocycles. The third kappa shape index (κ3) is 26.9. The molecule has 112 heavy (non-hydrogen) atoms. The maximum atomic E-state index is 14.4. The number of carbonyl (C=O) groups is 4. The van der Waals surface area contributed by atoms with Crippen molar-refractivity contribution < 1.29 is 38.1 Å². The van der Waals surface area contributed by atoms with Gasteiger partial charge in [-0.25, -0.2) is 0 Å². The Labute approximate surface area is 682 Å². The van der Waals surface area contributed by atoms with Crippen LogP contribution in [0.3, 0.4) is 0 Å². The average Bonchev–Trinajstić information content (AvgIpc) is 0.758. The Bertz CT molecular complexity index is 3930. The normalized spacial score (nSPS) is 12.0. The number of fused-ring (bicyclic) bond motifs is 8. The monoisotopic (exact) mass is 1590 g/mol. The number of hydrogen-bond acceptors (Lipinski definition) is 12. The molecule has 9 rings (SSSR count). The standard InChI is InChI=1S/C88H108N12O8S4/c1-85(2,3)65-45-57-41-59-47-66(86(4,5)6)49-61(78(59)106-54-74(102)90-34-38-94-82(110)98-70-27-19-14-20-28-70)43-63-51-68(88(10,11)12)52-64(80(63)108-56-76(104)92-36-40-96-84(112)100-72-31-23-16-24-32-72)44-62-50-67(87(7,8)9)48-60(79(62)107-55-75(103)91-35-39-95-83(111)99-71-29-21-15-22-30-71)42-58(46-65)77(57)105-53-73(101)89-33-37-93-81(109)97-69-25-17-13-18-26-69/h13-32,45-52H,33-44,53-56H2,1-12H3,(H,89,101)(H,90,102)(H,91,103)(H,92,104)(H2,93,97,109)(H2,94,98,110)(H2,95,99,111)(H2,96,100,112). The number of para-hydroxylation sites is 4. The molecular formula is C88H108N12O8S4. The van der Waals surface area contributed by atoms with E-state index in [4.69, 9.17) is 67.8 Å². The van der Waals surface area contributed by atoms with Crippen LogP contribution in [0.25, 0.3) is 0 Å². The van der Waals surface area contributed by atoms with Gasteiger partial charge in [0.15, 0.2) is 46.9 Å². The summed E-state index contributed by atoms with van der Waals surface area (Å²) in [7, 11) is 0. The highest BCUT2D eigenvalue weighted by atomic mass is 32.1. The third-order valence-corrected chi connectivity index (χ3v) is 19.4. The summed E-state index contributed by atoms with van der Waals surface area (Å²) in [5, 5.41) is 39.3. The fraction of sp³-hybridized carbons (Fsp3) is 0.364. The zero-order valence-corrected chi connectivity index (χ0v) is 69.6. The van der Waals surface area contributed by atoms with Crippen LogP contribution >= 0.6 is 48.9 Å². The van der Waals surface area contributed by atoms with E-state index >= 15 is 0 Å². The van der Waals surface area contributed by atoms with Crippen molar-refractivity contribution in [2.45, 2.75) is 130 Å². The van der Waals surface area contributed by atoms with Gasteiger partial charge < -0.3 is 82.7 Å². The fourth-order valence-corrected chi connectivity index (χ4v) is 13.3. The summed E-state index contributed by atoms with van der Waals surface area (Å²) in [5.41, 5.74) is 11.5. The van der Waals surface area contributed by atoms with E-state index in [1.807, 2.05) is 121 Å². The third-order valence-electron chi connectivity index (χ3n) is 18.4. The lowest BCUT2D eigenvalue weighted by atomic mass is 9.79. The van der Waals surface area contributed by atoms with Crippen molar-refractivity contribution in [3.05, 3.63) is 237 Å². The second kappa shape index (κ2) is 40.2. The number of anilines is 4. The quantitative estimate of drug-likeness (QED) is 0.0161. The smallest absolute Gasteiger partial charge is 0.258 e. The van der Waals surface area contributed by atoms with Gasteiger partial charge in [-0.1, -0.05) is 204 Å². The van der Waals surface area contributed by atoms with Crippen LogP contribution in [0.2, 0.25) is 0 Å². The van der Waals surface area contributed by atoms with Crippen molar-refractivity contribution in [3.8, 4) is 23.0 Å². The van der Waals surface area contributed by atoms with E-state index in [9.17, 15) is 19.2 Å². The zero-order chi connectivity index (χ0) is 80.6. The van der Waals surface area contributed by atoms with Crippen molar-refractivity contribution in [1.82, 2.24) is 42.5 Å². The van der Waals surface area contributed by atoms with Crippen LogP contribution in [0.15, 0.2) is 170 Å². The van der Waals surface area contributed by atoms with E-state index in [-0.39, 0.29) is 102 Å². The van der Waals surface area contributed by atoms with Gasteiger partial charge in [-0.05, 0) is 186 Å². The number of nitrogens with one attached hydrogen (secondary N) is 12. The SMILES string of the molecule is CC(C)(C)c1cc2c(OCC(=O)NCCNC(=S)Nc3ccccc3)c(c1)Cc1cc(C(C)(C)C)cc(c1OCC(=O)NCCNC(=S)Nc1ccccc1)Cc1cc(C(C)(C)C)cc(c1OCC(=O)NCCNC(=S)Nc1ccccc1)Cc1cc(C(C)(C)C)cc(c1OCC(=O)NCCNC(=S)Nc1ccccc1)C2. The Hall–Kier alpha value is -10.4. The molecular weight excluding hydrogens is 1480 g/mol. The van der Waals surface area contributed by atoms with E-state index in [1.54, 1.807) is 0 Å². The van der Waals surface area contributed by atoms with Gasteiger partial charge in [-0.2, -0.15) is 0 Å². The summed E-state index contributed by atoms with van der Waals surface area (Å²) < 4.78 is 28.2. The van der Waals surface area contributed by atoms with Crippen LogP contribution in [0.1, 0.15) is 150 Å². The molecule has 0 saturated carbocycles. The molecule has 592 valence electrons. The van der Waals surface area contributed by atoms with Gasteiger partial charge in [-0.15, -0.1) is 0 Å². The zero-order valence-electron chi connectivity index (χ0n) is 66.4. The number of benzene rings is 8. The average molecular weight is 1590 g/mol. The topological polar surface area (TPSA) is 250 Å². The minimum absolute atomic E-state index is 0.199. The van der Waals surface area contributed by atoms with Gasteiger partial charge in [0.1, 0.15) is 23.0 Å². The first kappa shape index (κ1) is 85.6. The summed E-state index contributed by atoms with van der Waals surface area (Å²) in [6.45, 7) is 26.8. The minimum Gasteiger partial charge on any atom is -0.483 e. The van der Waals surface area contributed by atoms with Crippen molar-refractivity contribution in [1.29, 1.82) is 0 Å². The molecule has 0 unspecified atom stereocenters. The first-order valence-corrected chi connectivity index (χ1v) is 39.6. The molecule has 1 aliphatic rings. The van der Waals surface area contributed by atoms with Gasteiger partial charge in [0, 0.05) is 101 Å². The summed E-state index contributed by atoms with van der Waals surface area (Å²) in [4.78, 5) is 57.4. The number of hydrogen-bond donors (Lipinski definition) is 12. The summed E-state index contributed by atoms with van der Waals surface area (Å²) in [6.07, 6.45) is 0.796. The highest BCUT2D eigenvalue weighted by Crippen LogP contribution is 2.45. The van der Waals surface area contributed by atoms with Crippen molar-refractivity contribution in [3.63, 3.8) is 0 Å². The Balaban J connectivity index is 1.17. The Kier molecular flexibility index (Phi) is 30.7. The van der Waals surface area contributed by atoms with Gasteiger partial charge in [-0.3, -0.25) is 19.2 Å². The predicted octanol–water partition coefficient (Wildman–Crippen LogP) is 13.5. The molecule has 12 N–H and O–H groups in total. The van der Waals surface area contributed by atoms with Crippen molar-refractivity contribution >= 4 is 116 Å². The first-order valence-electron chi connectivity index (χ1n) is 37.9. The van der Waals surface area contributed by atoms with Gasteiger partial charge >= 0.3 is 0 Å². The van der Waals surface area contributed by atoms with Crippen molar-refractivity contribution in [2.75, 3.05) is 100 Å². The molecule has 0 fully saturated rings. The van der Waals surface area contributed by atoms with Crippen LogP contribution in [-0.4, -0.2) is 123 Å². The van der Waals surface area contributed by atoms with E-state index in [0.717, 1.165) is 89.5 Å². The van der Waals surface area contributed by atoms with Crippen molar-refractivity contribution in [2.24, 2.45) is 0 Å². The lowest BCUT2D eigenvalue weighted by molar-refractivity contribution is -0.123. The number of thiocarbonyl (C=S) groups is 4. The summed E-state index contributed by atoms with van der Waals surface area (Å²) in [5.74, 6) is 0.411. The second-order valence-corrected chi connectivity index (χ2v) is 33.4. The summed E-state index contributed by atoms with van der Waals surface area (Å²) in [6, 6.07) is 55.6. The van der Waals surface area contributed by atoms with E-state index in [1.165, 1.54) is 0 Å². The van der Waals surface area contributed by atoms with Crippen LogP contribution in [0, 0.1) is 0 Å².